The van der Waals surface area contributed by atoms with Crippen LogP contribution in [0.3, 0.4) is 0 Å². The maximum absolute atomic E-state index is 12.9. The van der Waals surface area contributed by atoms with Gasteiger partial charge in [0.25, 0.3) is 11.6 Å². The lowest BCUT2D eigenvalue weighted by Crippen LogP contribution is -2.21. The summed E-state index contributed by atoms with van der Waals surface area (Å²) < 4.78 is 5.58. The van der Waals surface area contributed by atoms with E-state index < -0.39 is 23.4 Å². The molecule has 0 spiro atoms. The summed E-state index contributed by atoms with van der Waals surface area (Å²) in [5.74, 6) is -1.31. The molecule has 0 unspecified atom stereocenters. The largest absolute Gasteiger partial charge is 0.452 e. The van der Waals surface area contributed by atoms with Crippen molar-refractivity contribution in [1.82, 2.24) is 4.98 Å². The van der Waals surface area contributed by atoms with Crippen LogP contribution >= 0.6 is 27.5 Å². The molecule has 4 aromatic rings. The molecule has 0 fully saturated rings. The number of carbonyl (C=O) groups excluding carboxylic acids is 2. The van der Waals surface area contributed by atoms with Gasteiger partial charge in [0.15, 0.2) is 6.61 Å². The first-order chi connectivity index (χ1) is 16.3. The standard InChI is InChI=1S/C24H15BrClN3O5/c25-18-11-14(29(32)33)9-10-21(18)28-23(30)13-34-24(31)17-12-22(16-6-1-3-7-19(16)26)27-20-8-4-2-5-15(17)20/h1-12H,13H2,(H,28,30). The number of pyridine rings is 1. The van der Waals surface area contributed by atoms with Gasteiger partial charge in [0.1, 0.15) is 0 Å². The van der Waals surface area contributed by atoms with Crippen molar-refractivity contribution in [2.45, 2.75) is 0 Å². The molecule has 10 heteroatoms. The zero-order valence-corrected chi connectivity index (χ0v) is 19.7. The molecule has 0 bridgehead atoms. The van der Waals surface area contributed by atoms with Gasteiger partial charge in [0.2, 0.25) is 0 Å². The number of hydrogen-bond donors (Lipinski definition) is 1. The van der Waals surface area contributed by atoms with E-state index in [1.807, 2.05) is 6.07 Å². The van der Waals surface area contributed by atoms with E-state index in [1.165, 1.54) is 18.2 Å². The number of anilines is 1. The van der Waals surface area contributed by atoms with Gasteiger partial charge >= 0.3 is 5.97 Å². The van der Waals surface area contributed by atoms with Gasteiger partial charge in [-0.2, -0.15) is 0 Å². The van der Waals surface area contributed by atoms with Crippen LogP contribution in [0.1, 0.15) is 10.4 Å². The number of hydrogen-bond acceptors (Lipinski definition) is 6. The van der Waals surface area contributed by atoms with Crippen LogP contribution in [0.4, 0.5) is 11.4 Å². The SMILES string of the molecule is O=C(COC(=O)c1cc(-c2ccccc2Cl)nc2ccccc12)Nc1ccc([N+](=O)[O-])cc1Br. The number of amides is 1. The Labute approximate surface area is 206 Å². The number of carbonyl (C=O) groups is 2. The maximum atomic E-state index is 12.9. The number of para-hydroxylation sites is 1. The van der Waals surface area contributed by atoms with Gasteiger partial charge in [-0.05, 0) is 40.2 Å². The van der Waals surface area contributed by atoms with Crippen molar-refractivity contribution in [3.8, 4) is 11.3 Å². The predicted octanol–water partition coefficient (Wildman–Crippen LogP) is 6.02. The Morgan fingerprint density at radius 1 is 1.06 bits per heavy atom. The molecule has 0 saturated heterocycles. The molecule has 170 valence electrons. The average molecular weight is 541 g/mol. The molecule has 0 aliphatic carbocycles. The number of nitrogens with zero attached hydrogens (tertiary/aromatic N) is 2. The van der Waals surface area contributed by atoms with E-state index in [4.69, 9.17) is 16.3 Å². The molecule has 0 aliphatic rings. The second-order valence-corrected chi connectivity index (χ2v) is 8.36. The van der Waals surface area contributed by atoms with Gasteiger partial charge in [-0.3, -0.25) is 14.9 Å². The maximum Gasteiger partial charge on any atom is 0.339 e. The van der Waals surface area contributed by atoms with E-state index in [-0.39, 0.29) is 11.3 Å². The average Bonchev–Trinajstić information content (AvgIpc) is 2.83. The molecule has 1 aromatic heterocycles. The summed E-state index contributed by atoms with van der Waals surface area (Å²) in [6.45, 7) is -0.555. The first kappa shape index (κ1) is 23.3. The molecule has 0 aliphatic heterocycles. The van der Waals surface area contributed by atoms with Crippen molar-refractivity contribution in [1.29, 1.82) is 0 Å². The molecule has 3 aromatic carbocycles. The fourth-order valence-electron chi connectivity index (χ4n) is 3.27. The summed E-state index contributed by atoms with van der Waals surface area (Å²) in [5, 5.41) is 14.5. The summed E-state index contributed by atoms with van der Waals surface area (Å²) in [7, 11) is 0. The number of ether oxygens (including phenoxy) is 1. The summed E-state index contributed by atoms with van der Waals surface area (Å²) >= 11 is 9.49. The van der Waals surface area contributed by atoms with Crippen molar-refractivity contribution in [2.75, 3.05) is 11.9 Å². The van der Waals surface area contributed by atoms with Gasteiger partial charge in [-0.25, -0.2) is 9.78 Å². The number of halogens is 2. The Balaban J connectivity index is 1.54. The van der Waals surface area contributed by atoms with Crippen LogP contribution in [0.5, 0.6) is 0 Å². The minimum atomic E-state index is -0.704. The Morgan fingerprint density at radius 2 is 1.79 bits per heavy atom. The molecule has 34 heavy (non-hydrogen) atoms. The molecule has 1 heterocycles. The van der Waals surface area contributed by atoms with Crippen LogP contribution < -0.4 is 5.32 Å². The minimum absolute atomic E-state index is 0.129. The molecule has 4 rings (SSSR count). The summed E-state index contributed by atoms with van der Waals surface area (Å²) in [6, 6.07) is 19.7. The van der Waals surface area contributed by atoms with E-state index >= 15 is 0 Å². The van der Waals surface area contributed by atoms with Crippen molar-refractivity contribution in [2.24, 2.45) is 0 Å². The van der Waals surface area contributed by atoms with Crippen molar-refractivity contribution in [3.63, 3.8) is 0 Å². The highest BCUT2D eigenvalue weighted by Crippen LogP contribution is 2.30. The highest BCUT2D eigenvalue weighted by atomic mass is 79.9. The third kappa shape index (κ3) is 5.05. The van der Waals surface area contributed by atoms with Gasteiger partial charge < -0.3 is 10.1 Å². The molecule has 0 saturated carbocycles. The van der Waals surface area contributed by atoms with Crippen LogP contribution in [0, 0.1) is 10.1 Å². The molecule has 0 atom stereocenters. The van der Waals surface area contributed by atoms with E-state index in [2.05, 4.69) is 26.2 Å². The topological polar surface area (TPSA) is 111 Å². The van der Waals surface area contributed by atoms with E-state index in [1.54, 1.807) is 48.5 Å². The summed E-state index contributed by atoms with van der Waals surface area (Å²) in [5.41, 5.74) is 2.15. The lowest BCUT2D eigenvalue weighted by atomic mass is 10.0. The highest BCUT2D eigenvalue weighted by Gasteiger charge is 2.18. The summed E-state index contributed by atoms with van der Waals surface area (Å²) in [4.78, 5) is 40.2. The molecular formula is C24H15BrClN3O5. The second-order valence-electron chi connectivity index (χ2n) is 7.10. The lowest BCUT2D eigenvalue weighted by Gasteiger charge is -2.11. The summed E-state index contributed by atoms with van der Waals surface area (Å²) in [6.07, 6.45) is 0. The molecular weight excluding hydrogens is 526 g/mol. The third-order valence-corrected chi connectivity index (χ3v) is 5.84. The van der Waals surface area contributed by atoms with E-state index in [9.17, 15) is 19.7 Å². The molecule has 1 amide bonds. The number of fused-ring (bicyclic) bond motifs is 1. The number of nitro benzene ring substituents is 1. The van der Waals surface area contributed by atoms with Crippen LogP contribution in [0.2, 0.25) is 5.02 Å². The zero-order chi connectivity index (χ0) is 24.2. The quantitative estimate of drug-likeness (QED) is 0.182. The fraction of sp³-hybridized carbons (Fsp3) is 0.0417. The van der Waals surface area contributed by atoms with Gasteiger partial charge in [-0.15, -0.1) is 0 Å². The van der Waals surface area contributed by atoms with Crippen LogP contribution in [0.15, 0.2) is 77.3 Å². The minimum Gasteiger partial charge on any atom is -0.452 e. The Hall–Kier alpha value is -3.82. The fourth-order valence-corrected chi connectivity index (χ4v) is 3.96. The predicted molar refractivity (Wildman–Crippen MR) is 132 cm³/mol. The number of non-ortho nitro benzene ring substituents is 1. The monoisotopic (exact) mass is 539 g/mol. The molecule has 0 radical (unpaired) electrons. The first-order valence-corrected chi connectivity index (χ1v) is 11.1. The van der Waals surface area contributed by atoms with Gasteiger partial charge in [-0.1, -0.05) is 48.0 Å². The van der Waals surface area contributed by atoms with Crippen LogP contribution in [0.25, 0.3) is 22.2 Å². The third-order valence-electron chi connectivity index (χ3n) is 4.86. The number of esters is 1. The van der Waals surface area contributed by atoms with Crippen molar-refractivity contribution >= 4 is 61.7 Å². The zero-order valence-electron chi connectivity index (χ0n) is 17.3. The van der Waals surface area contributed by atoms with E-state index in [0.29, 0.717) is 37.3 Å². The smallest absolute Gasteiger partial charge is 0.339 e. The van der Waals surface area contributed by atoms with Crippen molar-refractivity contribution < 1.29 is 19.2 Å². The normalized spacial score (nSPS) is 10.6. The number of benzene rings is 3. The van der Waals surface area contributed by atoms with E-state index in [0.717, 1.165) is 0 Å². The Kier molecular flexibility index (Phi) is 6.85. The van der Waals surface area contributed by atoms with Gasteiger partial charge in [0.05, 0.1) is 27.4 Å². The number of nitrogens with one attached hydrogen (secondary N) is 1. The highest BCUT2D eigenvalue weighted by molar-refractivity contribution is 9.10. The lowest BCUT2D eigenvalue weighted by molar-refractivity contribution is -0.384. The Morgan fingerprint density at radius 3 is 2.53 bits per heavy atom. The number of aromatic nitrogens is 1. The van der Waals surface area contributed by atoms with Crippen LogP contribution in [-0.2, 0) is 9.53 Å². The molecule has 8 nitrogen and oxygen atoms in total. The second kappa shape index (κ2) is 9.98. The number of nitro groups is 1. The van der Waals surface area contributed by atoms with Crippen LogP contribution in [-0.4, -0.2) is 28.4 Å². The number of rotatable bonds is 6. The first-order valence-electron chi connectivity index (χ1n) is 9.89. The molecule has 1 N–H and O–H groups in total. The van der Waals surface area contributed by atoms with Gasteiger partial charge in [0, 0.05) is 32.6 Å². The van der Waals surface area contributed by atoms with Crippen molar-refractivity contribution in [3.05, 3.63) is 98.0 Å². The Bertz CT molecular complexity index is 1440.